The Morgan fingerprint density at radius 1 is 1.24 bits per heavy atom. The number of hydrogen-bond acceptors (Lipinski definition) is 1. The molecule has 0 fully saturated rings. The zero-order valence-corrected chi connectivity index (χ0v) is 11.9. The molecule has 0 N–H and O–H groups in total. The Balaban J connectivity index is 3.10. The van der Waals surface area contributed by atoms with E-state index in [1.165, 1.54) is 16.7 Å². The van der Waals surface area contributed by atoms with Crippen LogP contribution in [0.25, 0.3) is 5.57 Å². The number of aryl methyl sites for hydroxylation is 1. The summed E-state index contributed by atoms with van der Waals surface area (Å²) in [7, 11) is 0. The molecule has 1 rings (SSSR count). The Bertz CT molecular complexity index is 490. The molecule has 0 aromatic heterocycles. The predicted molar refractivity (Wildman–Crippen MR) is 80.7 cm³/mol. The summed E-state index contributed by atoms with van der Waals surface area (Å²) in [5, 5.41) is 0. The summed E-state index contributed by atoms with van der Waals surface area (Å²) in [5.74, 6) is 0. The molecule has 0 aliphatic heterocycles. The first-order chi connectivity index (χ1) is 7.95. The van der Waals surface area contributed by atoms with Gasteiger partial charge in [0.05, 0.1) is 0 Å². The first-order valence-electron chi connectivity index (χ1n) is 5.76. The van der Waals surface area contributed by atoms with Crippen LogP contribution in [0, 0.1) is 6.92 Å². The molecule has 0 radical (unpaired) electrons. The lowest BCUT2D eigenvalue weighted by Crippen LogP contribution is -1.87. The van der Waals surface area contributed by atoms with Crippen LogP contribution >= 0.6 is 12.6 Å². The molecular formula is C16H20S. The largest absolute Gasteiger partial charge is 0.143 e. The summed E-state index contributed by atoms with van der Waals surface area (Å²) in [6.07, 6.45) is 4.22. The van der Waals surface area contributed by atoms with Crippen molar-refractivity contribution in [2.24, 2.45) is 0 Å². The zero-order valence-electron chi connectivity index (χ0n) is 11.0. The average Bonchev–Trinajstić information content (AvgIpc) is 2.30. The van der Waals surface area contributed by atoms with Crippen molar-refractivity contribution in [1.29, 1.82) is 0 Å². The average molecular weight is 244 g/mol. The molecule has 0 aliphatic carbocycles. The molecule has 0 saturated carbocycles. The lowest BCUT2D eigenvalue weighted by molar-refractivity contribution is 1.31. The van der Waals surface area contributed by atoms with E-state index in [9.17, 15) is 0 Å². The van der Waals surface area contributed by atoms with Gasteiger partial charge in [-0.2, -0.15) is 0 Å². The highest BCUT2D eigenvalue weighted by Gasteiger charge is 2.02. The molecule has 0 nitrogen and oxygen atoms in total. The molecule has 0 saturated heterocycles. The molecule has 0 heterocycles. The Morgan fingerprint density at radius 3 is 2.47 bits per heavy atom. The van der Waals surface area contributed by atoms with E-state index in [4.69, 9.17) is 0 Å². The highest BCUT2D eigenvalue weighted by Crippen LogP contribution is 2.25. The van der Waals surface area contributed by atoms with Gasteiger partial charge in [0.2, 0.25) is 0 Å². The summed E-state index contributed by atoms with van der Waals surface area (Å²) in [4.78, 5) is 0.975. The molecule has 1 aromatic carbocycles. The zero-order chi connectivity index (χ0) is 13.0. The summed E-state index contributed by atoms with van der Waals surface area (Å²) >= 11 is 4.48. The molecule has 0 spiro atoms. The van der Waals surface area contributed by atoms with Crippen LogP contribution < -0.4 is 0 Å². The third-order valence-corrected chi connectivity index (χ3v) is 3.33. The minimum absolute atomic E-state index is 0.975. The van der Waals surface area contributed by atoms with E-state index >= 15 is 0 Å². The van der Waals surface area contributed by atoms with Gasteiger partial charge in [-0.25, -0.2) is 0 Å². The summed E-state index contributed by atoms with van der Waals surface area (Å²) in [6.45, 7) is 12.5. The Kier molecular flexibility index (Phi) is 4.83. The van der Waals surface area contributed by atoms with Gasteiger partial charge in [0, 0.05) is 4.90 Å². The van der Waals surface area contributed by atoms with Gasteiger partial charge in [-0.05, 0) is 50.5 Å². The van der Waals surface area contributed by atoms with Crippen molar-refractivity contribution in [3.8, 4) is 0 Å². The number of benzene rings is 1. The third kappa shape index (κ3) is 3.64. The van der Waals surface area contributed by atoms with E-state index in [0.717, 1.165) is 16.0 Å². The predicted octanol–water partition coefficient (Wildman–Crippen LogP) is 5.21. The van der Waals surface area contributed by atoms with Crippen LogP contribution in [0.3, 0.4) is 0 Å². The van der Waals surface area contributed by atoms with Gasteiger partial charge in [-0.3, -0.25) is 0 Å². The highest BCUT2D eigenvalue weighted by molar-refractivity contribution is 7.80. The van der Waals surface area contributed by atoms with Gasteiger partial charge in [-0.1, -0.05) is 42.0 Å². The molecule has 0 unspecified atom stereocenters. The van der Waals surface area contributed by atoms with Crippen LogP contribution in [-0.4, -0.2) is 0 Å². The topological polar surface area (TPSA) is 0 Å². The molecule has 17 heavy (non-hydrogen) atoms. The molecule has 0 aliphatic rings. The van der Waals surface area contributed by atoms with Gasteiger partial charge in [0.1, 0.15) is 0 Å². The Labute approximate surface area is 110 Å². The number of thiol groups is 1. The van der Waals surface area contributed by atoms with Gasteiger partial charge in [0.25, 0.3) is 0 Å². The first-order valence-corrected chi connectivity index (χ1v) is 6.21. The molecule has 0 bridgehead atoms. The van der Waals surface area contributed by atoms with Gasteiger partial charge >= 0.3 is 0 Å². The van der Waals surface area contributed by atoms with Gasteiger partial charge in [0.15, 0.2) is 0 Å². The molecule has 90 valence electrons. The van der Waals surface area contributed by atoms with E-state index in [1.807, 2.05) is 13.0 Å². The summed E-state index contributed by atoms with van der Waals surface area (Å²) < 4.78 is 0. The molecule has 0 atom stereocenters. The maximum atomic E-state index is 4.48. The lowest BCUT2D eigenvalue weighted by atomic mass is 10.0. The third-order valence-electron chi connectivity index (χ3n) is 2.94. The van der Waals surface area contributed by atoms with E-state index in [1.54, 1.807) is 0 Å². The lowest BCUT2D eigenvalue weighted by Gasteiger charge is -2.08. The van der Waals surface area contributed by atoms with E-state index < -0.39 is 0 Å². The number of hydrogen-bond donors (Lipinski definition) is 1. The molecule has 0 amide bonds. The van der Waals surface area contributed by atoms with Crippen LogP contribution in [0.2, 0.25) is 0 Å². The fourth-order valence-corrected chi connectivity index (χ4v) is 1.87. The molecule has 1 aromatic rings. The van der Waals surface area contributed by atoms with Crippen molar-refractivity contribution in [3.63, 3.8) is 0 Å². The quantitative estimate of drug-likeness (QED) is 0.547. The van der Waals surface area contributed by atoms with Crippen LogP contribution in [0.15, 0.2) is 53.0 Å². The maximum absolute atomic E-state index is 4.48. The molecule has 1 heteroatoms. The van der Waals surface area contributed by atoms with Crippen molar-refractivity contribution in [2.45, 2.75) is 32.6 Å². The van der Waals surface area contributed by atoms with Crippen molar-refractivity contribution in [2.75, 3.05) is 0 Å². The Morgan fingerprint density at radius 2 is 1.88 bits per heavy atom. The second kappa shape index (κ2) is 5.92. The van der Waals surface area contributed by atoms with Crippen molar-refractivity contribution < 1.29 is 0 Å². The summed E-state index contributed by atoms with van der Waals surface area (Å²) in [6, 6.07) is 6.21. The van der Waals surface area contributed by atoms with Crippen LogP contribution in [0.5, 0.6) is 0 Å². The Hall–Kier alpha value is -1.21. The fraction of sp³-hybridized carbons (Fsp3) is 0.250. The van der Waals surface area contributed by atoms with Crippen molar-refractivity contribution in [3.05, 3.63) is 59.2 Å². The SMILES string of the molecule is C=C(/C=C(C)\C(C)=C/C)c1cc(C)ccc1S. The van der Waals surface area contributed by atoms with Crippen LogP contribution in [-0.2, 0) is 0 Å². The molecular weight excluding hydrogens is 224 g/mol. The fourth-order valence-electron chi connectivity index (χ4n) is 1.59. The number of allylic oxidation sites excluding steroid dienone is 5. The standard InChI is InChI=1S/C16H20S/c1-6-12(3)13(4)10-14(5)15-9-11(2)7-8-16(15)17/h6-10,17H,5H2,1-4H3/b12-6-,13-10-. The second-order valence-corrected chi connectivity index (χ2v) is 4.83. The number of rotatable bonds is 3. The van der Waals surface area contributed by atoms with Gasteiger partial charge in [-0.15, -0.1) is 12.6 Å². The van der Waals surface area contributed by atoms with Crippen molar-refractivity contribution in [1.82, 2.24) is 0 Å². The summed E-state index contributed by atoms with van der Waals surface area (Å²) in [5.41, 5.74) is 5.87. The first kappa shape index (κ1) is 13.9. The van der Waals surface area contributed by atoms with E-state index in [2.05, 4.69) is 64.3 Å². The normalized spacial score (nSPS) is 12.8. The van der Waals surface area contributed by atoms with Crippen LogP contribution in [0.4, 0.5) is 0 Å². The van der Waals surface area contributed by atoms with Crippen LogP contribution in [0.1, 0.15) is 31.9 Å². The van der Waals surface area contributed by atoms with E-state index in [0.29, 0.717) is 0 Å². The maximum Gasteiger partial charge on any atom is 0.0119 e. The smallest absolute Gasteiger partial charge is 0.0119 e. The minimum atomic E-state index is 0.975. The monoisotopic (exact) mass is 244 g/mol. The van der Waals surface area contributed by atoms with E-state index in [-0.39, 0.29) is 0 Å². The van der Waals surface area contributed by atoms with Gasteiger partial charge < -0.3 is 0 Å². The highest BCUT2D eigenvalue weighted by atomic mass is 32.1. The minimum Gasteiger partial charge on any atom is -0.143 e. The second-order valence-electron chi connectivity index (χ2n) is 4.34. The van der Waals surface area contributed by atoms with Crippen molar-refractivity contribution >= 4 is 18.2 Å².